The van der Waals surface area contributed by atoms with E-state index >= 15 is 0 Å². The number of hydrogen-bond acceptors (Lipinski definition) is 3. The Morgan fingerprint density at radius 1 is 1.54 bits per heavy atom. The second-order valence-corrected chi connectivity index (χ2v) is 2.34. The van der Waals surface area contributed by atoms with Gasteiger partial charge in [-0.1, -0.05) is 6.07 Å². The number of halogens is 2. The number of nitro benzene ring substituents is 1. The third kappa shape index (κ3) is 1.71. The molecule has 0 radical (unpaired) electrons. The standard InChI is InChI=1S/C7H6F2N2O2/c1-10(9)6-4-2-3-5(8)7(6)11(12)13/h2-4H,1H3. The molecule has 0 fully saturated rings. The molecule has 4 nitrogen and oxygen atoms in total. The molecule has 1 aromatic rings. The van der Waals surface area contributed by atoms with Crippen LogP contribution in [0.1, 0.15) is 0 Å². The molecule has 0 saturated heterocycles. The van der Waals surface area contributed by atoms with Crippen LogP contribution in [0.5, 0.6) is 0 Å². The molecule has 0 atom stereocenters. The van der Waals surface area contributed by atoms with Crippen LogP contribution in [0.3, 0.4) is 0 Å². The number of nitrogens with zero attached hydrogens (tertiary/aromatic N) is 2. The molecular weight excluding hydrogens is 182 g/mol. The molecule has 0 amide bonds. The number of para-hydroxylation sites is 1. The Balaban J connectivity index is 3.34. The van der Waals surface area contributed by atoms with Crippen LogP contribution in [0.25, 0.3) is 0 Å². The predicted octanol–water partition coefficient (Wildman–Crippen LogP) is 2.05. The van der Waals surface area contributed by atoms with Crippen LogP contribution in [-0.2, 0) is 0 Å². The van der Waals surface area contributed by atoms with Crippen molar-refractivity contribution in [2.24, 2.45) is 0 Å². The van der Waals surface area contributed by atoms with E-state index in [1.165, 1.54) is 6.07 Å². The molecule has 0 aliphatic heterocycles. The summed E-state index contributed by atoms with van der Waals surface area (Å²) in [7, 11) is 0.960. The Morgan fingerprint density at radius 2 is 2.15 bits per heavy atom. The fraction of sp³-hybridized carbons (Fsp3) is 0.143. The number of nitro groups is 1. The lowest BCUT2D eigenvalue weighted by atomic mass is 10.2. The molecule has 0 N–H and O–H groups in total. The van der Waals surface area contributed by atoms with Gasteiger partial charge in [0.15, 0.2) is 0 Å². The number of rotatable bonds is 2. The highest BCUT2D eigenvalue weighted by atomic mass is 19.2. The molecule has 13 heavy (non-hydrogen) atoms. The van der Waals surface area contributed by atoms with Crippen molar-refractivity contribution >= 4 is 11.4 Å². The normalized spacial score (nSPS) is 9.77. The predicted molar refractivity (Wildman–Crippen MR) is 42.6 cm³/mol. The van der Waals surface area contributed by atoms with Crippen LogP contribution in [0.2, 0.25) is 0 Å². The summed E-state index contributed by atoms with van der Waals surface area (Å²) in [5.74, 6) is -1.05. The largest absolute Gasteiger partial charge is 0.330 e. The summed E-state index contributed by atoms with van der Waals surface area (Å²) in [4.78, 5) is 9.36. The molecule has 0 spiro atoms. The van der Waals surface area contributed by atoms with E-state index in [1.807, 2.05) is 0 Å². The quantitative estimate of drug-likeness (QED) is 0.405. The first-order chi connectivity index (χ1) is 6.04. The van der Waals surface area contributed by atoms with E-state index in [0.29, 0.717) is 0 Å². The van der Waals surface area contributed by atoms with Gasteiger partial charge in [-0.2, -0.15) is 4.39 Å². The Kier molecular flexibility index (Phi) is 2.41. The van der Waals surface area contributed by atoms with Crippen LogP contribution in [-0.4, -0.2) is 12.0 Å². The van der Waals surface area contributed by atoms with Crippen molar-refractivity contribution in [1.82, 2.24) is 0 Å². The van der Waals surface area contributed by atoms with Crippen LogP contribution in [0, 0.1) is 15.9 Å². The van der Waals surface area contributed by atoms with Gasteiger partial charge in [-0.3, -0.25) is 10.1 Å². The average Bonchev–Trinajstić information content (AvgIpc) is 2.02. The lowest BCUT2D eigenvalue weighted by molar-refractivity contribution is -0.386. The second kappa shape index (κ2) is 3.34. The molecular formula is C7H6F2N2O2. The molecule has 0 bridgehead atoms. The Morgan fingerprint density at radius 3 is 2.54 bits per heavy atom. The first-order valence-corrected chi connectivity index (χ1v) is 3.36. The van der Waals surface area contributed by atoms with Crippen molar-refractivity contribution in [3.8, 4) is 0 Å². The molecule has 0 aromatic heterocycles. The molecule has 0 unspecified atom stereocenters. The van der Waals surface area contributed by atoms with Crippen LogP contribution >= 0.6 is 0 Å². The van der Waals surface area contributed by atoms with E-state index in [1.54, 1.807) is 0 Å². The summed E-state index contributed by atoms with van der Waals surface area (Å²) in [6.07, 6.45) is 0. The summed E-state index contributed by atoms with van der Waals surface area (Å²) in [6, 6.07) is 3.24. The monoisotopic (exact) mass is 188 g/mol. The van der Waals surface area contributed by atoms with E-state index in [2.05, 4.69) is 0 Å². The van der Waals surface area contributed by atoms with Gasteiger partial charge in [-0.25, -0.2) is 5.12 Å². The molecule has 6 heteroatoms. The number of benzene rings is 1. The zero-order chi connectivity index (χ0) is 10.0. The Bertz CT molecular complexity index is 341. The first kappa shape index (κ1) is 9.37. The lowest BCUT2D eigenvalue weighted by Gasteiger charge is -2.07. The molecule has 1 aromatic carbocycles. The summed E-state index contributed by atoms with van der Waals surface area (Å²) < 4.78 is 25.4. The second-order valence-electron chi connectivity index (χ2n) is 2.34. The van der Waals surface area contributed by atoms with Crippen LogP contribution < -0.4 is 5.12 Å². The van der Waals surface area contributed by atoms with Crippen LogP contribution in [0.4, 0.5) is 20.2 Å². The summed E-state index contributed by atoms with van der Waals surface area (Å²) in [5, 5.41) is 10.3. The summed E-state index contributed by atoms with van der Waals surface area (Å²) >= 11 is 0. The minimum absolute atomic E-state index is 0.00120. The van der Waals surface area contributed by atoms with Gasteiger partial charge in [0.2, 0.25) is 5.82 Å². The maximum Gasteiger partial charge on any atom is 0.330 e. The molecule has 1 rings (SSSR count). The van der Waals surface area contributed by atoms with Gasteiger partial charge in [0.25, 0.3) is 0 Å². The fourth-order valence-electron chi connectivity index (χ4n) is 0.933. The SMILES string of the molecule is CN(F)c1cccc(F)c1[N+](=O)[O-]. The lowest BCUT2D eigenvalue weighted by Crippen LogP contribution is -2.06. The highest BCUT2D eigenvalue weighted by molar-refractivity contribution is 5.61. The molecule has 0 aliphatic carbocycles. The maximum atomic E-state index is 12.8. The van der Waals surface area contributed by atoms with Gasteiger partial charge >= 0.3 is 5.69 Å². The minimum atomic E-state index is -1.05. The third-order valence-electron chi connectivity index (χ3n) is 1.48. The van der Waals surface area contributed by atoms with Crippen molar-refractivity contribution in [3.63, 3.8) is 0 Å². The number of anilines is 1. The van der Waals surface area contributed by atoms with Gasteiger partial charge in [-0.15, -0.1) is 4.48 Å². The van der Waals surface area contributed by atoms with E-state index < -0.39 is 22.1 Å². The zero-order valence-corrected chi connectivity index (χ0v) is 6.70. The average molecular weight is 188 g/mol. The minimum Gasteiger partial charge on any atom is -0.258 e. The molecule has 0 heterocycles. The maximum absolute atomic E-state index is 12.8. The summed E-state index contributed by atoms with van der Waals surface area (Å²) in [5.41, 5.74) is -1.25. The van der Waals surface area contributed by atoms with Crippen molar-refractivity contribution in [3.05, 3.63) is 34.1 Å². The van der Waals surface area contributed by atoms with Gasteiger partial charge < -0.3 is 0 Å². The zero-order valence-electron chi connectivity index (χ0n) is 6.70. The van der Waals surface area contributed by atoms with E-state index in [9.17, 15) is 19.0 Å². The van der Waals surface area contributed by atoms with Crippen molar-refractivity contribution < 1.29 is 13.8 Å². The highest BCUT2D eigenvalue weighted by Gasteiger charge is 2.22. The number of hydrogen-bond donors (Lipinski definition) is 0. The van der Waals surface area contributed by atoms with Gasteiger partial charge in [-0.05, 0) is 12.1 Å². The van der Waals surface area contributed by atoms with Crippen molar-refractivity contribution in [1.29, 1.82) is 0 Å². The Hall–Kier alpha value is -1.72. The van der Waals surface area contributed by atoms with E-state index in [4.69, 9.17) is 0 Å². The van der Waals surface area contributed by atoms with Gasteiger partial charge in [0.1, 0.15) is 5.69 Å². The molecule has 0 aliphatic rings. The van der Waals surface area contributed by atoms with E-state index in [-0.39, 0.29) is 5.12 Å². The molecule has 0 saturated carbocycles. The highest BCUT2D eigenvalue weighted by Crippen LogP contribution is 2.29. The third-order valence-corrected chi connectivity index (χ3v) is 1.48. The van der Waals surface area contributed by atoms with E-state index in [0.717, 1.165) is 19.2 Å². The van der Waals surface area contributed by atoms with Gasteiger partial charge in [0.05, 0.1) is 4.92 Å². The fourth-order valence-corrected chi connectivity index (χ4v) is 0.933. The smallest absolute Gasteiger partial charge is 0.258 e. The topological polar surface area (TPSA) is 46.4 Å². The first-order valence-electron chi connectivity index (χ1n) is 3.36. The summed E-state index contributed by atoms with van der Waals surface area (Å²) in [6.45, 7) is 0. The van der Waals surface area contributed by atoms with Crippen LogP contribution in [0.15, 0.2) is 18.2 Å². The Labute approximate surface area is 72.5 Å². The van der Waals surface area contributed by atoms with Crippen molar-refractivity contribution in [2.75, 3.05) is 12.2 Å². The van der Waals surface area contributed by atoms with Crippen molar-refractivity contribution in [2.45, 2.75) is 0 Å². The van der Waals surface area contributed by atoms with Gasteiger partial charge in [0, 0.05) is 7.05 Å². The molecule has 70 valence electrons.